The van der Waals surface area contributed by atoms with Crippen molar-refractivity contribution in [3.05, 3.63) is 59.7 Å². The molecule has 0 bridgehead atoms. The topological polar surface area (TPSA) is 62.7 Å². The Hall–Kier alpha value is -2.80. The molecule has 6 nitrogen and oxygen atoms in total. The molecule has 2 aliphatic rings. The van der Waals surface area contributed by atoms with Gasteiger partial charge in [-0.2, -0.15) is 0 Å². The molecular formula is C22H24FN3O3. The number of likely N-dealkylation sites (tertiary alicyclic amines) is 1. The SMILES string of the molecule is Cc1ncccc1C(=O)N1CCCC2(CC1)CN(c1cccc(F)c1)C(=O)CO2. The van der Waals surface area contributed by atoms with Crippen molar-refractivity contribution >= 4 is 17.5 Å². The van der Waals surface area contributed by atoms with Crippen molar-refractivity contribution in [1.82, 2.24) is 9.88 Å². The zero-order valence-corrected chi connectivity index (χ0v) is 16.4. The molecule has 1 atom stereocenters. The van der Waals surface area contributed by atoms with Crippen molar-refractivity contribution in [2.75, 3.05) is 31.1 Å². The lowest BCUT2D eigenvalue weighted by atomic mass is 9.92. The maximum absolute atomic E-state index is 13.7. The number of carbonyl (C=O) groups is 2. The molecule has 0 radical (unpaired) electrons. The quantitative estimate of drug-likeness (QED) is 0.782. The van der Waals surface area contributed by atoms with E-state index in [4.69, 9.17) is 4.74 Å². The number of morpholine rings is 1. The largest absolute Gasteiger partial charge is 0.363 e. The first-order valence-corrected chi connectivity index (χ1v) is 9.88. The smallest absolute Gasteiger partial charge is 0.255 e. The standard InChI is InChI=1S/C22H24FN3O3/c1-16-19(7-3-10-24-16)21(28)25-11-4-8-22(9-12-25)15-26(20(27)14-29-22)18-6-2-5-17(23)13-18/h2-3,5-7,10,13H,4,8-9,11-12,14-15H2,1H3. The Balaban J connectivity index is 1.50. The Morgan fingerprint density at radius 1 is 1.21 bits per heavy atom. The van der Waals surface area contributed by atoms with Crippen LogP contribution in [0.5, 0.6) is 0 Å². The van der Waals surface area contributed by atoms with Gasteiger partial charge in [0, 0.05) is 30.7 Å². The van der Waals surface area contributed by atoms with Crippen molar-refractivity contribution in [2.45, 2.75) is 31.8 Å². The minimum atomic E-state index is -0.529. The number of hydrogen-bond acceptors (Lipinski definition) is 4. The Bertz CT molecular complexity index is 935. The molecule has 1 aromatic carbocycles. The minimum Gasteiger partial charge on any atom is -0.363 e. The fraction of sp³-hybridized carbons (Fsp3) is 0.409. The Labute approximate surface area is 169 Å². The lowest BCUT2D eigenvalue weighted by Gasteiger charge is -2.42. The summed E-state index contributed by atoms with van der Waals surface area (Å²) >= 11 is 0. The Morgan fingerprint density at radius 3 is 2.86 bits per heavy atom. The van der Waals surface area contributed by atoms with Gasteiger partial charge in [0.1, 0.15) is 12.4 Å². The highest BCUT2D eigenvalue weighted by atomic mass is 19.1. The molecule has 2 amide bonds. The zero-order chi connectivity index (χ0) is 20.4. The lowest BCUT2D eigenvalue weighted by molar-refractivity contribution is -0.140. The van der Waals surface area contributed by atoms with Crippen molar-refractivity contribution < 1.29 is 18.7 Å². The van der Waals surface area contributed by atoms with Crippen molar-refractivity contribution in [1.29, 1.82) is 0 Å². The predicted molar refractivity (Wildman–Crippen MR) is 106 cm³/mol. The fourth-order valence-corrected chi connectivity index (χ4v) is 4.15. The van der Waals surface area contributed by atoms with Crippen molar-refractivity contribution in [3.63, 3.8) is 0 Å². The molecule has 1 aromatic heterocycles. The van der Waals surface area contributed by atoms with Crippen LogP contribution >= 0.6 is 0 Å². The number of amides is 2. The summed E-state index contributed by atoms with van der Waals surface area (Å²) in [5.74, 6) is -0.578. The van der Waals surface area contributed by atoms with Gasteiger partial charge in [0.2, 0.25) is 0 Å². The van der Waals surface area contributed by atoms with E-state index in [1.165, 1.54) is 12.1 Å². The first-order valence-electron chi connectivity index (χ1n) is 9.88. The van der Waals surface area contributed by atoms with Gasteiger partial charge in [-0.3, -0.25) is 14.6 Å². The van der Waals surface area contributed by atoms with Crippen LogP contribution in [0, 0.1) is 12.7 Å². The van der Waals surface area contributed by atoms with E-state index in [2.05, 4.69) is 4.98 Å². The van der Waals surface area contributed by atoms with Crippen LogP contribution in [-0.2, 0) is 9.53 Å². The van der Waals surface area contributed by atoms with Gasteiger partial charge in [0.05, 0.1) is 17.7 Å². The molecule has 0 saturated carbocycles. The van der Waals surface area contributed by atoms with E-state index in [0.717, 1.165) is 12.8 Å². The van der Waals surface area contributed by atoms with Gasteiger partial charge in [-0.1, -0.05) is 6.07 Å². The molecule has 1 spiro atoms. The van der Waals surface area contributed by atoms with Crippen LogP contribution in [0.25, 0.3) is 0 Å². The molecule has 1 unspecified atom stereocenters. The second-order valence-corrected chi connectivity index (χ2v) is 7.71. The molecule has 152 valence electrons. The highest BCUT2D eigenvalue weighted by Crippen LogP contribution is 2.33. The van der Waals surface area contributed by atoms with Crippen LogP contribution in [0.1, 0.15) is 35.3 Å². The molecular weight excluding hydrogens is 373 g/mol. The lowest BCUT2D eigenvalue weighted by Crippen LogP contribution is -2.55. The molecule has 29 heavy (non-hydrogen) atoms. The molecule has 7 heteroatoms. The molecule has 4 rings (SSSR count). The molecule has 3 heterocycles. The number of hydrogen-bond donors (Lipinski definition) is 0. The summed E-state index contributed by atoms with van der Waals surface area (Å²) < 4.78 is 19.7. The third kappa shape index (κ3) is 4.00. The summed E-state index contributed by atoms with van der Waals surface area (Å²) in [6, 6.07) is 9.63. The van der Waals surface area contributed by atoms with E-state index in [9.17, 15) is 14.0 Å². The summed E-state index contributed by atoms with van der Waals surface area (Å²) in [5.41, 5.74) is 1.35. The fourth-order valence-electron chi connectivity index (χ4n) is 4.15. The number of pyridine rings is 1. The second-order valence-electron chi connectivity index (χ2n) is 7.71. The van der Waals surface area contributed by atoms with Gasteiger partial charge in [0.25, 0.3) is 11.8 Å². The maximum atomic E-state index is 13.7. The van der Waals surface area contributed by atoms with Crippen LogP contribution in [-0.4, -0.2) is 53.5 Å². The molecule has 2 saturated heterocycles. The van der Waals surface area contributed by atoms with Gasteiger partial charge in [0.15, 0.2) is 0 Å². The number of halogens is 1. The van der Waals surface area contributed by atoms with Gasteiger partial charge in [-0.05, 0) is 56.5 Å². The molecule has 0 aliphatic carbocycles. The van der Waals surface area contributed by atoms with Crippen LogP contribution in [0.3, 0.4) is 0 Å². The van der Waals surface area contributed by atoms with Gasteiger partial charge < -0.3 is 14.5 Å². The summed E-state index contributed by atoms with van der Waals surface area (Å²) in [7, 11) is 0. The first kappa shape index (κ1) is 19.5. The molecule has 2 aromatic rings. The molecule has 2 fully saturated rings. The zero-order valence-electron chi connectivity index (χ0n) is 16.4. The Morgan fingerprint density at radius 2 is 2.07 bits per heavy atom. The third-order valence-electron chi connectivity index (χ3n) is 5.79. The molecule has 0 N–H and O–H groups in total. The van der Waals surface area contributed by atoms with E-state index in [-0.39, 0.29) is 24.2 Å². The number of carbonyl (C=O) groups excluding carboxylic acids is 2. The average molecular weight is 397 g/mol. The predicted octanol–water partition coefficient (Wildman–Crippen LogP) is 2.96. The monoisotopic (exact) mass is 397 g/mol. The summed E-state index contributed by atoms with van der Waals surface area (Å²) in [6.45, 7) is 3.33. The normalized spacial score (nSPS) is 22.6. The Kier molecular flexibility index (Phi) is 5.32. The molecule has 2 aliphatic heterocycles. The maximum Gasteiger partial charge on any atom is 0.255 e. The van der Waals surface area contributed by atoms with Crippen molar-refractivity contribution in [3.8, 4) is 0 Å². The number of aryl methyl sites for hydroxylation is 1. The number of anilines is 1. The van der Waals surface area contributed by atoms with E-state index in [0.29, 0.717) is 43.0 Å². The van der Waals surface area contributed by atoms with Gasteiger partial charge >= 0.3 is 0 Å². The van der Waals surface area contributed by atoms with E-state index in [1.54, 1.807) is 35.4 Å². The number of nitrogens with zero attached hydrogens (tertiary/aromatic N) is 3. The van der Waals surface area contributed by atoms with E-state index < -0.39 is 5.60 Å². The van der Waals surface area contributed by atoms with Crippen molar-refractivity contribution in [2.24, 2.45) is 0 Å². The van der Waals surface area contributed by atoms with E-state index in [1.807, 2.05) is 11.8 Å². The minimum absolute atomic E-state index is 0.0264. The number of aromatic nitrogens is 1. The van der Waals surface area contributed by atoms with Crippen LogP contribution < -0.4 is 4.90 Å². The van der Waals surface area contributed by atoms with Crippen LogP contribution in [0.15, 0.2) is 42.6 Å². The second kappa shape index (κ2) is 7.91. The number of benzene rings is 1. The van der Waals surface area contributed by atoms with Gasteiger partial charge in [-0.15, -0.1) is 0 Å². The average Bonchev–Trinajstić information content (AvgIpc) is 2.93. The number of ether oxygens (including phenoxy) is 1. The van der Waals surface area contributed by atoms with Crippen LogP contribution in [0.2, 0.25) is 0 Å². The third-order valence-corrected chi connectivity index (χ3v) is 5.79. The van der Waals surface area contributed by atoms with Crippen LogP contribution in [0.4, 0.5) is 10.1 Å². The van der Waals surface area contributed by atoms with Gasteiger partial charge in [-0.25, -0.2) is 4.39 Å². The van der Waals surface area contributed by atoms with E-state index >= 15 is 0 Å². The highest BCUT2D eigenvalue weighted by Gasteiger charge is 2.42. The highest BCUT2D eigenvalue weighted by molar-refractivity contribution is 5.96. The first-order chi connectivity index (χ1) is 14.0. The number of rotatable bonds is 2. The summed E-state index contributed by atoms with van der Waals surface area (Å²) in [4.78, 5) is 33.0. The summed E-state index contributed by atoms with van der Waals surface area (Å²) in [5, 5.41) is 0. The summed E-state index contributed by atoms with van der Waals surface area (Å²) in [6.07, 6.45) is 3.81.